The van der Waals surface area contributed by atoms with Crippen LogP contribution in [0.15, 0.2) is 42.6 Å². The molecule has 1 saturated heterocycles. The van der Waals surface area contributed by atoms with Gasteiger partial charge in [-0.2, -0.15) is 0 Å². The van der Waals surface area contributed by atoms with Crippen LogP contribution in [0.1, 0.15) is 39.3 Å². The molecule has 2 aliphatic rings. The fourth-order valence-electron chi connectivity index (χ4n) is 4.87. The van der Waals surface area contributed by atoms with E-state index in [-0.39, 0.29) is 11.6 Å². The molecule has 0 radical (unpaired) electrons. The molecule has 1 fully saturated rings. The maximum absolute atomic E-state index is 13.0. The molecule has 204 valence electrons. The number of carbonyl (C=O) groups is 2. The summed E-state index contributed by atoms with van der Waals surface area (Å²) in [7, 11) is 4.14. The molecule has 2 aliphatic heterocycles. The molecule has 12 heteroatoms. The molecule has 5 rings (SSSR count). The van der Waals surface area contributed by atoms with Crippen molar-refractivity contribution < 1.29 is 9.59 Å². The van der Waals surface area contributed by atoms with Gasteiger partial charge >= 0.3 is 0 Å². The molecule has 2 N–H and O–H groups in total. The first-order valence-corrected chi connectivity index (χ1v) is 13.6. The van der Waals surface area contributed by atoms with Crippen molar-refractivity contribution in [2.75, 3.05) is 55.8 Å². The topological polar surface area (TPSA) is 107 Å². The maximum Gasteiger partial charge on any atom is 0.277 e. The molecule has 2 amide bonds. The Morgan fingerprint density at radius 3 is 2.59 bits per heavy atom. The number of rotatable bonds is 6. The molecule has 0 saturated carbocycles. The zero-order valence-corrected chi connectivity index (χ0v) is 23.3. The van der Waals surface area contributed by atoms with Crippen molar-refractivity contribution in [3.63, 3.8) is 0 Å². The Bertz CT molecular complexity index is 1360. The van der Waals surface area contributed by atoms with Crippen molar-refractivity contribution in [1.29, 1.82) is 0 Å². The summed E-state index contributed by atoms with van der Waals surface area (Å²) in [4.78, 5) is 36.3. The highest BCUT2D eigenvalue weighted by Gasteiger charge is 2.25. The second kappa shape index (κ2) is 11.7. The van der Waals surface area contributed by atoms with Crippen molar-refractivity contribution in [1.82, 2.24) is 25.0 Å². The lowest BCUT2D eigenvalue weighted by Gasteiger charge is -2.35. The summed E-state index contributed by atoms with van der Waals surface area (Å²) in [5, 5.41) is 15.5. The fourth-order valence-corrected chi connectivity index (χ4v) is 5.24. The van der Waals surface area contributed by atoms with E-state index < -0.39 is 5.91 Å². The number of likely N-dealkylation sites (tertiary alicyclic amines) is 1. The third-order valence-corrected chi connectivity index (χ3v) is 7.73. The molecule has 0 bridgehead atoms. The minimum atomic E-state index is -0.450. The number of nitrogens with zero attached hydrogens (tertiary/aromatic N) is 6. The van der Waals surface area contributed by atoms with Crippen LogP contribution in [0.25, 0.3) is 0 Å². The van der Waals surface area contributed by atoms with Gasteiger partial charge < -0.3 is 25.3 Å². The van der Waals surface area contributed by atoms with Gasteiger partial charge in [-0.1, -0.05) is 23.2 Å². The van der Waals surface area contributed by atoms with Gasteiger partial charge in [0, 0.05) is 55.0 Å². The van der Waals surface area contributed by atoms with Gasteiger partial charge in [0.05, 0.1) is 11.3 Å². The van der Waals surface area contributed by atoms with Crippen LogP contribution in [-0.4, -0.2) is 83.1 Å². The number of piperidine rings is 1. The van der Waals surface area contributed by atoms with Crippen molar-refractivity contribution in [2.45, 2.75) is 25.4 Å². The summed E-state index contributed by atoms with van der Waals surface area (Å²) in [5.74, 6) is 0.411. The van der Waals surface area contributed by atoms with Gasteiger partial charge in [-0.3, -0.25) is 9.59 Å². The lowest BCUT2D eigenvalue weighted by Crippen LogP contribution is -2.44. The van der Waals surface area contributed by atoms with E-state index in [0.29, 0.717) is 66.0 Å². The van der Waals surface area contributed by atoms with Gasteiger partial charge in [0.25, 0.3) is 11.8 Å². The highest BCUT2D eigenvalue weighted by atomic mass is 35.5. The Morgan fingerprint density at radius 2 is 1.87 bits per heavy atom. The quantitative estimate of drug-likeness (QED) is 0.459. The Kier molecular flexibility index (Phi) is 8.15. The Balaban J connectivity index is 1.25. The first-order valence-electron chi connectivity index (χ1n) is 12.8. The van der Waals surface area contributed by atoms with Crippen LogP contribution >= 0.6 is 23.2 Å². The predicted molar refractivity (Wildman–Crippen MR) is 153 cm³/mol. The third kappa shape index (κ3) is 6.24. The summed E-state index contributed by atoms with van der Waals surface area (Å²) >= 11 is 12.5. The first-order chi connectivity index (χ1) is 18.8. The van der Waals surface area contributed by atoms with Crippen LogP contribution in [0.4, 0.5) is 17.3 Å². The van der Waals surface area contributed by atoms with Crippen LogP contribution < -0.4 is 15.5 Å². The van der Waals surface area contributed by atoms with Crippen molar-refractivity contribution in [3.05, 3.63) is 69.5 Å². The number of amides is 2. The molecule has 0 spiro atoms. The molecule has 10 nitrogen and oxygen atoms in total. The van der Waals surface area contributed by atoms with Crippen LogP contribution in [0.3, 0.4) is 0 Å². The van der Waals surface area contributed by atoms with Crippen molar-refractivity contribution in [3.8, 4) is 0 Å². The zero-order valence-electron chi connectivity index (χ0n) is 21.8. The lowest BCUT2D eigenvalue weighted by atomic mass is 10.0. The number of fused-ring (bicyclic) bond motifs is 1. The molecule has 3 aromatic rings. The van der Waals surface area contributed by atoms with Crippen molar-refractivity contribution in [2.24, 2.45) is 0 Å². The van der Waals surface area contributed by atoms with Gasteiger partial charge in [0.2, 0.25) is 0 Å². The molecule has 1 aromatic carbocycles. The second-order valence-corrected chi connectivity index (χ2v) is 10.8. The number of hydrogen-bond acceptors (Lipinski definition) is 8. The van der Waals surface area contributed by atoms with Gasteiger partial charge in [0.15, 0.2) is 11.5 Å². The summed E-state index contributed by atoms with van der Waals surface area (Å²) in [6, 6.07) is 10.8. The zero-order chi connectivity index (χ0) is 27.5. The fraction of sp³-hybridized carbons (Fsp3) is 0.370. The standard InChI is InChI=1S/C27H30Cl2N8O2/c1-35(2)20-7-10-36(11-8-20)27(39)17-3-6-24(31-15-17)32-26(38)22-14-23-25(34-33-22)30-9-12-37(23)16-18-13-19(28)4-5-21(18)29/h3-6,13-15,20H,7-12,16H2,1-2H3,(H,30,34)(H,31,32,38). The smallest absolute Gasteiger partial charge is 0.277 e. The monoisotopic (exact) mass is 568 g/mol. The van der Waals surface area contributed by atoms with E-state index in [1.165, 1.54) is 6.20 Å². The van der Waals surface area contributed by atoms with Gasteiger partial charge in [-0.25, -0.2) is 4.98 Å². The average Bonchev–Trinajstić information content (AvgIpc) is 2.95. The molecule has 0 unspecified atom stereocenters. The van der Waals surface area contributed by atoms with E-state index in [2.05, 4.69) is 49.7 Å². The van der Waals surface area contributed by atoms with E-state index in [4.69, 9.17) is 23.2 Å². The number of aromatic nitrogens is 3. The molecular formula is C27H30Cl2N8O2. The van der Waals surface area contributed by atoms with E-state index >= 15 is 0 Å². The van der Waals surface area contributed by atoms with E-state index in [1.54, 1.807) is 30.3 Å². The lowest BCUT2D eigenvalue weighted by molar-refractivity contribution is 0.0663. The number of hydrogen-bond donors (Lipinski definition) is 2. The highest BCUT2D eigenvalue weighted by Crippen LogP contribution is 2.31. The number of carbonyl (C=O) groups excluding carboxylic acids is 2. The minimum Gasteiger partial charge on any atom is -0.365 e. The first kappa shape index (κ1) is 27.1. The van der Waals surface area contributed by atoms with Gasteiger partial charge in [0.1, 0.15) is 5.82 Å². The minimum absolute atomic E-state index is 0.0504. The van der Waals surface area contributed by atoms with Crippen LogP contribution in [0, 0.1) is 0 Å². The highest BCUT2D eigenvalue weighted by molar-refractivity contribution is 6.33. The number of benzene rings is 1. The number of halogens is 2. The summed E-state index contributed by atoms with van der Waals surface area (Å²) < 4.78 is 0. The summed E-state index contributed by atoms with van der Waals surface area (Å²) in [5.41, 5.74) is 2.25. The molecule has 2 aromatic heterocycles. The van der Waals surface area contributed by atoms with Crippen LogP contribution in [0.5, 0.6) is 0 Å². The Hall–Kier alpha value is -3.47. The Morgan fingerprint density at radius 1 is 1.08 bits per heavy atom. The third-order valence-electron chi connectivity index (χ3n) is 7.12. The van der Waals surface area contributed by atoms with E-state index in [0.717, 1.165) is 24.1 Å². The molecule has 0 aliphatic carbocycles. The van der Waals surface area contributed by atoms with Crippen LogP contribution in [-0.2, 0) is 6.54 Å². The Labute approximate surface area is 237 Å². The predicted octanol–water partition coefficient (Wildman–Crippen LogP) is 4.03. The number of nitrogens with one attached hydrogen (secondary N) is 2. The second-order valence-electron chi connectivity index (χ2n) is 9.92. The van der Waals surface area contributed by atoms with Gasteiger partial charge in [-0.05, 0) is 68.9 Å². The summed E-state index contributed by atoms with van der Waals surface area (Å²) in [6.45, 7) is 3.30. The largest absolute Gasteiger partial charge is 0.365 e. The van der Waals surface area contributed by atoms with Gasteiger partial charge in [-0.15, -0.1) is 10.2 Å². The molecule has 39 heavy (non-hydrogen) atoms. The van der Waals surface area contributed by atoms with E-state index in [9.17, 15) is 9.59 Å². The van der Waals surface area contributed by atoms with E-state index in [1.807, 2.05) is 11.0 Å². The normalized spacial score (nSPS) is 15.6. The SMILES string of the molecule is CN(C)C1CCN(C(=O)c2ccc(NC(=O)c3cc4c(nn3)NCCN4Cc3cc(Cl)ccc3Cl)nc2)CC1. The maximum atomic E-state index is 13.0. The average molecular weight is 569 g/mol. The molecular weight excluding hydrogens is 539 g/mol. The molecule has 0 atom stereocenters. The summed E-state index contributed by atoms with van der Waals surface area (Å²) in [6.07, 6.45) is 3.39. The number of pyridine rings is 1. The van der Waals surface area contributed by atoms with Crippen molar-refractivity contribution >= 4 is 52.3 Å². The molecule has 4 heterocycles. The number of anilines is 3. The van der Waals surface area contributed by atoms with Crippen LogP contribution in [0.2, 0.25) is 10.0 Å².